The normalized spacial score (nSPS) is 19.8. The lowest BCUT2D eigenvalue weighted by Gasteiger charge is -2.15. The zero-order valence-corrected chi connectivity index (χ0v) is 11.0. The molecule has 0 radical (unpaired) electrons. The Morgan fingerprint density at radius 3 is 2.94 bits per heavy atom. The summed E-state index contributed by atoms with van der Waals surface area (Å²) < 4.78 is 0. The number of hydrogen-bond acceptors (Lipinski definition) is 4. The van der Waals surface area contributed by atoms with E-state index in [2.05, 4.69) is 15.6 Å². The number of anilines is 1. The third-order valence-corrected chi connectivity index (χ3v) is 3.34. The van der Waals surface area contributed by atoms with Crippen LogP contribution in [-0.2, 0) is 0 Å². The van der Waals surface area contributed by atoms with Crippen molar-refractivity contribution in [2.45, 2.75) is 12.5 Å². The lowest BCUT2D eigenvalue weighted by atomic mass is 10.1. The molecule has 1 aromatic carbocycles. The Morgan fingerprint density at radius 1 is 1.56 bits per heavy atom. The number of nitrogen functional groups attached to an aromatic ring is 1. The van der Waals surface area contributed by atoms with Crippen LogP contribution >= 0.6 is 11.6 Å². The van der Waals surface area contributed by atoms with E-state index in [9.17, 15) is 4.79 Å². The molecule has 4 N–H and O–H groups in total. The molecule has 1 atom stereocenters. The summed E-state index contributed by atoms with van der Waals surface area (Å²) in [6.07, 6.45) is 0.966. The van der Waals surface area contributed by atoms with Crippen LogP contribution in [0.4, 0.5) is 5.69 Å². The van der Waals surface area contributed by atoms with Crippen LogP contribution < -0.4 is 16.6 Å². The van der Waals surface area contributed by atoms with Gasteiger partial charge >= 0.3 is 0 Å². The number of nitrogens with zero attached hydrogens (tertiary/aromatic N) is 1. The number of nitrogens with one attached hydrogen (secondary N) is 2. The molecule has 1 aliphatic rings. The molecule has 1 amide bonds. The van der Waals surface area contributed by atoms with Crippen LogP contribution in [0.2, 0.25) is 5.02 Å². The van der Waals surface area contributed by atoms with Crippen LogP contribution in [0.15, 0.2) is 18.2 Å². The van der Waals surface area contributed by atoms with Gasteiger partial charge in [0, 0.05) is 17.6 Å². The highest BCUT2D eigenvalue weighted by molar-refractivity contribution is 6.31. The van der Waals surface area contributed by atoms with Crippen molar-refractivity contribution in [3.8, 4) is 0 Å². The van der Waals surface area contributed by atoms with Gasteiger partial charge in [0.15, 0.2) is 0 Å². The summed E-state index contributed by atoms with van der Waals surface area (Å²) in [5.41, 5.74) is 3.55. The van der Waals surface area contributed by atoms with Crippen molar-refractivity contribution >= 4 is 23.2 Å². The number of hydrazine groups is 1. The van der Waals surface area contributed by atoms with Crippen LogP contribution in [0.5, 0.6) is 0 Å². The lowest BCUT2D eigenvalue weighted by Crippen LogP contribution is -2.37. The molecule has 6 heteroatoms. The standard InChI is InChI=1S/C12H17ClN4O/c1-17-5-4-9(7-17)15-12(18)10-6-8(13)2-3-11(10)16-14/h2-3,6,9,16H,4-5,7,14H2,1H3,(H,15,18). The highest BCUT2D eigenvalue weighted by Gasteiger charge is 2.22. The molecule has 1 fully saturated rings. The molecular weight excluding hydrogens is 252 g/mol. The second kappa shape index (κ2) is 5.56. The van der Waals surface area contributed by atoms with Crippen molar-refractivity contribution in [2.24, 2.45) is 5.84 Å². The van der Waals surface area contributed by atoms with Gasteiger partial charge in [-0.1, -0.05) is 11.6 Å². The molecule has 1 aliphatic heterocycles. The molecule has 1 saturated heterocycles. The molecule has 98 valence electrons. The Morgan fingerprint density at radius 2 is 2.33 bits per heavy atom. The smallest absolute Gasteiger partial charge is 0.253 e. The van der Waals surface area contributed by atoms with E-state index in [4.69, 9.17) is 17.4 Å². The van der Waals surface area contributed by atoms with Crippen molar-refractivity contribution in [2.75, 3.05) is 25.6 Å². The second-order valence-corrected chi connectivity index (χ2v) is 4.99. The van der Waals surface area contributed by atoms with Gasteiger partial charge in [0.2, 0.25) is 0 Å². The molecule has 1 aromatic rings. The summed E-state index contributed by atoms with van der Waals surface area (Å²) in [5.74, 6) is 5.24. The van der Waals surface area contributed by atoms with E-state index in [0.29, 0.717) is 16.3 Å². The maximum Gasteiger partial charge on any atom is 0.253 e. The Balaban J connectivity index is 2.10. The zero-order chi connectivity index (χ0) is 13.1. The van der Waals surface area contributed by atoms with Crippen LogP contribution in [0.25, 0.3) is 0 Å². The van der Waals surface area contributed by atoms with Crippen molar-refractivity contribution in [3.05, 3.63) is 28.8 Å². The first-order valence-electron chi connectivity index (χ1n) is 5.85. The molecule has 5 nitrogen and oxygen atoms in total. The molecular formula is C12H17ClN4O. The summed E-state index contributed by atoms with van der Waals surface area (Å²) in [7, 11) is 2.04. The van der Waals surface area contributed by atoms with Crippen LogP contribution in [0, 0.1) is 0 Å². The largest absolute Gasteiger partial charge is 0.348 e. The monoisotopic (exact) mass is 268 g/mol. The topological polar surface area (TPSA) is 70.4 Å². The van der Waals surface area contributed by atoms with Crippen LogP contribution in [0.1, 0.15) is 16.8 Å². The number of likely N-dealkylation sites (N-methyl/N-ethyl adjacent to an activating group) is 1. The SMILES string of the molecule is CN1CCC(NC(=O)c2cc(Cl)ccc2NN)C1. The fourth-order valence-corrected chi connectivity index (χ4v) is 2.32. The van der Waals surface area contributed by atoms with Gasteiger partial charge in [0.25, 0.3) is 5.91 Å². The molecule has 0 bridgehead atoms. The van der Waals surface area contributed by atoms with Gasteiger partial charge in [0.1, 0.15) is 0 Å². The average molecular weight is 269 g/mol. The number of carbonyl (C=O) groups excluding carboxylic acids is 1. The average Bonchev–Trinajstić information content (AvgIpc) is 2.74. The highest BCUT2D eigenvalue weighted by atomic mass is 35.5. The predicted molar refractivity (Wildman–Crippen MR) is 72.6 cm³/mol. The van der Waals surface area contributed by atoms with Crippen LogP contribution in [-0.4, -0.2) is 37.0 Å². The van der Waals surface area contributed by atoms with Gasteiger partial charge in [0.05, 0.1) is 11.3 Å². The molecule has 0 spiro atoms. The summed E-state index contributed by atoms with van der Waals surface area (Å²) in [6.45, 7) is 1.88. The van der Waals surface area contributed by atoms with E-state index < -0.39 is 0 Å². The number of nitrogens with two attached hydrogens (primary N) is 1. The van der Waals surface area contributed by atoms with Crippen molar-refractivity contribution in [3.63, 3.8) is 0 Å². The van der Waals surface area contributed by atoms with Crippen molar-refractivity contribution < 1.29 is 4.79 Å². The third-order valence-electron chi connectivity index (χ3n) is 3.11. The summed E-state index contributed by atoms with van der Waals surface area (Å²) in [4.78, 5) is 14.3. The number of rotatable bonds is 3. The number of likely N-dealkylation sites (tertiary alicyclic amines) is 1. The summed E-state index contributed by atoms with van der Waals surface area (Å²) in [5, 5.41) is 3.51. The Bertz CT molecular complexity index is 452. The van der Waals surface area contributed by atoms with E-state index in [1.54, 1.807) is 18.2 Å². The van der Waals surface area contributed by atoms with Gasteiger partial charge in [-0.3, -0.25) is 10.6 Å². The van der Waals surface area contributed by atoms with Crippen LogP contribution in [0.3, 0.4) is 0 Å². The van der Waals surface area contributed by atoms with Crippen molar-refractivity contribution in [1.29, 1.82) is 0 Å². The number of hydrogen-bond donors (Lipinski definition) is 3. The molecule has 1 unspecified atom stereocenters. The predicted octanol–water partition coefficient (Wildman–Crippen LogP) is 1.06. The second-order valence-electron chi connectivity index (χ2n) is 4.56. The van der Waals surface area contributed by atoms with Gasteiger partial charge in [-0.15, -0.1) is 0 Å². The fraction of sp³-hybridized carbons (Fsp3) is 0.417. The molecule has 18 heavy (non-hydrogen) atoms. The Hall–Kier alpha value is -1.30. The molecule has 0 saturated carbocycles. The van der Waals surface area contributed by atoms with Gasteiger partial charge in [-0.2, -0.15) is 0 Å². The number of benzene rings is 1. The molecule has 0 aromatic heterocycles. The maximum atomic E-state index is 12.2. The minimum Gasteiger partial charge on any atom is -0.348 e. The number of halogens is 1. The third kappa shape index (κ3) is 2.93. The lowest BCUT2D eigenvalue weighted by molar-refractivity contribution is 0.0939. The first-order chi connectivity index (χ1) is 8.60. The Labute approximate surface area is 111 Å². The van der Waals surface area contributed by atoms with E-state index in [1.807, 2.05) is 7.05 Å². The number of carbonyl (C=O) groups is 1. The zero-order valence-electron chi connectivity index (χ0n) is 10.2. The molecule has 1 heterocycles. The maximum absolute atomic E-state index is 12.2. The van der Waals surface area contributed by atoms with E-state index in [0.717, 1.165) is 19.5 Å². The quantitative estimate of drug-likeness (QED) is 0.566. The Kier molecular flexibility index (Phi) is 4.06. The highest BCUT2D eigenvalue weighted by Crippen LogP contribution is 2.20. The van der Waals surface area contributed by atoms with Gasteiger partial charge in [-0.25, -0.2) is 0 Å². The van der Waals surface area contributed by atoms with Crippen molar-refractivity contribution in [1.82, 2.24) is 10.2 Å². The molecule has 0 aliphatic carbocycles. The fourth-order valence-electron chi connectivity index (χ4n) is 2.15. The molecule has 2 rings (SSSR count). The number of amides is 1. The van der Waals surface area contributed by atoms with Gasteiger partial charge < -0.3 is 15.6 Å². The van der Waals surface area contributed by atoms with E-state index in [-0.39, 0.29) is 11.9 Å². The van der Waals surface area contributed by atoms with E-state index in [1.165, 1.54) is 0 Å². The van der Waals surface area contributed by atoms with Gasteiger partial charge in [-0.05, 0) is 38.2 Å². The first kappa shape index (κ1) is 13.1. The minimum absolute atomic E-state index is 0.147. The summed E-state index contributed by atoms with van der Waals surface area (Å²) >= 11 is 5.90. The first-order valence-corrected chi connectivity index (χ1v) is 6.23. The minimum atomic E-state index is -0.147. The summed E-state index contributed by atoms with van der Waals surface area (Å²) in [6, 6.07) is 5.19. The van der Waals surface area contributed by atoms with E-state index >= 15 is 0 Å².